The Kier molecular flexibility index (Phi) is 4.89. The maximum Gasteiger partial charge on any atom is 0.261 e. The normalized spacial score (nSPS) is 17.8. The number of ether oxygens (including phenoxy) is 1. The molecular formula is C11H13ClFNO5S2. The van der Waals surface area contributed by atoms with Gasteiger partial charge >= 0.3 is 0 Å². The summed E-state index contributed by atoms with van der Waals surface area (Å²) in [7, 11) is -3.11. The number of benzene rings is 1. The maximum atomic E-state index is 13.9. The van der Waals surface area contributed by atoms with Gasteiger partial charge in [0.25, 0.3) is 9.05 Å². The molecule has 0 unspecified atom stereocenters. The van der Waals surface area contributed by atoms with Crippen LogP contribution in [0.3, 0.4) is 0 Å². The minimum absolute atomic E-state index is 0.334. The van der Waals surface area contributed by atoms with Crippen LogP contribution in [0.5, 0.6) is 0 Å². The first kappa shape index (κ1) is 16.6. The van der Waals surface area contributed by atoms with Gasteiger partial charge in [-0.05, 0) is 31.0 Å². The van der Waals surface area contributed by atoms with E-state index < -0.39 is 34.7 Å². The van der Waals surface area contributed by atoms with Crippen molar-refractivity contribution in [2.45, 2.75) is 28.7 Å². The van der Waals surface area contributed by atoms with E-state index in [0.29, 0.717) is 32.1 Å². The molecule has 21 heavy (non-hydrogen) atoms. The summed E-state index contributed by atoms with van der Waals surface area (Å²) in [5, 5.41) is 0. The van der Waals surface area contributed by atoms with Crippen molar-refractivity contribution < 1.29 is 26.0 Å². The highest BCUT2D eigenvalue weighted by molar-refractivity contribution is 8.13. The van der Waals surface area contributed by atoms with E-state index in [1.165, 1.54) is 0 Å². The van der Waals surface area contributed by atoms with Crippen molar-refractivity contribution >= 4 is 29.8 Å². The number of hydrogen-bond acceptors (Lipinski definition) is 5. The Morgan fingerprint density at radius 3 is 2.33 bits per heavy atom. The van der Waals surface area contributed by atoms with Crippen molar-refractivity contribution in [3.8, 4) is 0 Å². The van der Waals surface area contributed by atoms with Gasteiger partial charge in [0, 0.05) is 29.9 Å². The molecule has 0 bridgehead atoms. The minimum atomic E-state index is -4.11. The molecule has 0 aromatic heterocycles. The third-order valence-corrected chi connectivity index (χ3v) is 5.92. The maximum absolute atomic E-state index is 13.9. The van der Waals surface area contributed by atoms with Gasteiger partial charge in [-0.2, -0.15) is 0 Å². The average molecular weight is 358 g/mol. The van der Waals surface area contributed by atoms with E-state index in [0.717, 1.165) is 12.1 Å². The molecule has 1 aliphatic heterocycles. The Balaban J connectivity index is 2.28. The smallest absolute Gasteiger partial charge is 0.261 e. The standard InChI is InChI=1S/C11H13ClFNO5S2/c12-20(15,16)9-1-2-11(10(13)7-9)21(17,18)14-8-3-5-19-6-4-8/h1-2,7-8,14H,3-6H2. The molecule has 1 saturated heterocycles. The van der Waals surface area contributed by atoms with Crippen molar-refractivity contribution in [3.63, 3.8) is 0 Å². The number of hydrogen-bond donors (Lipinski definition) is 1. The Hall–Kier alpha value is -0.740. The first-order valence-corrected chi connectivity index (χ1v) is 9.84. The predicted molar refractivity (Wildman–Crippen MR) is 73.6 cm³/mol. The summed E-state index contributed by atoms with van der Waals surface area (Å²) < 4.78 is 67.7. The first-order chi connectivity index (χ1) is 9.70. The lowest BCUT2D eigenvalue weighted by molar-refractivity contribution is 0.0832. The molecule has 1 heterocycles. The van der Waals surface area contributed by atoms with E-state index in [4.69, 9.17) is 15.4 Å². The molecule has 1 N–H and O–H groups in total. The van der Waals surface area contributed by atoms with Crippen LogP contribution in [0.4, 0.5) is 4.39 Å². The molecule has 2 rings (SSSR count). The highest BCUT2D eigenvalue weighted by Gasteiger charge is 2.25. The van der Waals surface area contributed by atoms with Gasteiger partial charge in [-0.25, -0.2) is 25.9 Å². The number of rotatable bonds is 4. The molecule has 0 saturated carbocycles. The van der Waals surface area contributed by atoms with Gasteiger partial charge in [0.15, 0.2) is 0 Å². The van der Waals surface area contributed by atoms with Crippen LogP contribution >= 0.6 is 10.7 Å². The van der Waals surface area contributed by atoms with E-state index in [1.807, 2.05) is 0 Å². The second-order valence-corrected chi connectivity index (χ2v) is 8.79. The fraction of sp³-hybridized carbons (Fsp3) is 0.455. The van der Waals surface area contributed by atoms with Gasteiger partial charge in [0.05, 0.1) is 4.90 Å². The molecule has 1 aliphatic rings. The quantitative estimate of drug-likeness (QED) is 0.818. The Bertz CT molecular complexity index is 729. The molecule has 0 atom stereocenters. The molecule has 0 amide bonds. The average Bonchev–Trinajstić information content (AvgIpc) is 2.37. The highest BCUT2D eigenvalue weighted by atomic mass is 35.7. The van der Waals surface area contributed by atoms with E-state index in [9.17, 15) is 21.2 Å². The number of sulfonamides is 1. The van der Waals surface area contributed by atoms with Crippen LogP contribution in [-0.4, -0.2) is 36.1 Å². The largest absolute Gasteiger partial charge is 0.381 e. The van der Waals surface area contributed by atoms with Crippen molar-refractivity contribution in [2.75, 3.05) is 13.2 Å². The van der Waals surface area contributed by atoms with Crippen LogP contribution in [0.25, 0.3) is 0 Å². The van der Waals surface area contributed by atoms with Crippen molar-refractivity contribution in [3.05, 3.63) is 24.0 Å². The second kappa shape index (κ2) is 6.17. The van der Waals surface area contributed by atoms with Crippen LogP contribution in [0.2, 0.25) is 0 Å². The fourth-order valence-corrected chi connectivity index (χ4v) is 4.08. The van der Waals surface area contributed by atoms with Crippen molar-refractivity contribution in [1.29, 1.82) is 0 Å². The predicted octanol–water partition coefficient (Wildman–Crippen LogP) is 1.21. The molecule has 10 heteroatoms. The van der Waals surface area contributed by atoms with E-state index >= 15 is 0 Å². The molecule has 0 radical (unpaired) electrons. The lowest BCUT2D eigenvalue weighted by Gasteiger charge is -2.23. The Morgan fingerprint density at radius 2 is 1.81 bits per heavy atom. The van der Waals surface area contributed by atoms with Crippen LogP contribution in [0.15, 0.2) is 28.0 Å². The molecule has 0 aliphatic carbocycles. The summed E-state index contributed by atoms with van der Waals surface area (Å²) in [4.78, 5) is -1.11. The summed E-state index contributed by atoms with van der Waals surface area (Å²) >= 11 is 0. The van der Waals surface area contributed by atoms with Crippen molar-refractivity contribution in [1.82, 2.24) is 4.72 Å². The molecule has 1 aromatic rings. The SMILES string of the molecule is O=S(=O)(Cl)c1ccc(S(=O)(=O)NC2CCOCC2)c(F)c1. The number of nitrogens with one attached hydrogen (secondary N) is 1. The van der Waals surface area contributed by atoms with Crippen LogP contribution in [0, 0.1) is 5.82 Å². The zero-order chi connectivity index (χ0) is 15.7. The molecule has 6 nitrogen and oxygen atoms in total. The fourth-order valence-electron chi connectivity index (χ4n) is 1.95. The summed E-state index contributed by atoms with van der Waals surface area (Å²) in [6, 6.07) is 2.08. The molecule has 1 aromatic carbocycles. The van der Waals surface area contributed by atoms with E-state index in [1.54, 1.807) is 0 Å². The summed E-state index contributed by atoms with van der Waals surface area (Å²) in [6.07, 6.45) is 0.990. The van der Waals surface area contributed by atoms with Gasteiger partial charge in [-0.1, -0.05) is 0 Å². The van der Waals surface area contributed by atoms with Gasteiger partial charge in [-0.3, -0.25) is 0 Å². The van der Waals surface area contributed by atoms with Crippen LogP contribution in [0.1, 0.15) is 12.8 Å². The summed E-state index contributed by atoms with van der Waals surface area (Å²) in [5.74, 6) is -1.17. The molecule has 1 fully saturated rings. The third kappa shape index (κ3) is 4.13. The van der Waals surface area contributed by atoms with Crippen LogP contribution < -0.4 is 4.72 Å². The van der Waals surface area contributed by atoms with Gasteiger partial charge in [-0.15, -0.1) is 0 Å². The lowest BCUT2D eigenvalue weighted by atomic mass is 10.1. The van der Waals surface area contributed by atoms with Gasteiger partial charge < -0.3 is 4.74 Å². The summed E-state index contributed by atoms with van der Waals surface area (Å²) in [6.45, 7) is 0.859. The number of halogens is 2. The monoisotopic (exact) mass is 357 g/mol. The lowest BCUT2D eigenvalue weighted by Crippen LogP contribution is -2.39. The third-order valence-electron chi connectivity index (χ3n) is 3.02. The Labute approximate surface area is 126 Å². The topological polar surface area (TPSA) is 89.5 Å². The molecular weight excluding hydrogens is 345 g/mol. The van der Waals surface area contributed by atoms with E-state index in [-0.39, 0.29) is 6.04 Å². The van der Waals surface area contributed by atoms with Crippen LogP contribution in [-0.2, 0) is 23.8 Å². The van der Waals surface area contributed by atoms with E-state index in [2.05, 4.69) is 4.72 Å². The van der Waals surface area contributed by atoms with Crippen molar-refractivity contribution in [2.24, 2.45) is 0 Å². The zero-order valence-electron chi connectivity index (χ0n) is 10.8. The van der Waals surface area contributed by atoms with Gasteiger partial charge in [0.2, 0.25) is 10.0 Å². The summed E-state index contributed by atoms with van der Waals surface area (Å²) in [5.41, 5.74) is 0. The van der Waals surface area contributed by atoms with Gasteiger partial charge in [0.1, 0.15) is 10.7 Å². The second-order valence-electron chi connectivity index (χ2n) is 4.54. The highest BCUT2D eigenvalue weighted by Crippen LogP contribution is 2.22. The molecule has 118 valence electrons. The Morgan fingerprint density at radius 1 is 1.19 bits per heavy atom. The molecule has 0 spiro atoms. The minimum Gasteiger partial charge on any atom is -0.381 e. The first-order valence-electron chi connectivity index (χ1n) is 6.04. The zero-order valence-corrected chi connectivity index (χ0v) is 13.1.